The maximum atomic E-state index is 12.2. The van der Waals surface area contributed by atoms with Crippen molar-refractivity contribution in [3.05, 3.63) is 0 Å². The normalized spacial score (nSPS) is 26.2. The molecule has 0 aromatic rings. The smallest absolute Gasteiger partial charge is 0.306 e. The van der Waals surface area contributed by atoms with Gasteiger partial charge in [0.1, 0.15) is 11.9 Å². The van der Waals surface area contributed by atoms with Crippen LogP contribution in [0, 0.1) is 17.3 Å². The number of esters is 1. The van der Waals surface area contributed by atoms with Crippen molar-refractivity contribution in [3.8, 4) is 0 Å². The van der Waals surface area contributed by atoms with Crippen molar-refractivity contribution < 1.29 is 19.1 Å². The number of hydrogen-bond acceptors (Lipinski definition) is 4. The van der Waals surface area contributed by atoms with Crippen molar-refractivity contribution in [2.75, 3.05) is 0 Å². The van der Waals surface area contributed by atoms with Gasteiger partial charge in [0.15, 0.2) is 0 Å². The van der Waals surface area contributed by atoms with E-state index in [1.807, 2.05) is 20.8 Å². The van der Waals surface area contributed by atoms with Crippen LogP contribution in [0.15, 0.2) is 0 Å². The second-order valence-electron chi connectivity index (χ2n) is 9.33. The van der Waals surface area contributed by atoms with Gasteiger partial charge in [-0.1, -0.05) is 20.8 Å². The highest BCUT2D eigenvalue weighted by Crippen LogP contribution is 2.41. The molecule has 134 valence electrons. The van der Waals surface area contributed by atoms with Gasteiger partial charge in [0.05, 0.1) is 18.1 Å². The molecule has 1 rings (SSSR count). The van der Waals surface area contributed by atoms with E-state index in [1.165, 1.54) is 0 Å². The molecule has 3 atom stereocenters. The van der Waals surface area contributed by atoms with Crippen LogP contribution in [0.1, 0.15) is 74.7 Å². The van der Waals surface area contributed by atoms with Gasteiger partial charge in [0.2, 0.25) is 0 Å². The van der Waals surface area contributed by atoms with Crippen molar-refractivity contribution in [1.29, 1.82) is 0 Å². The minimum Gasteiger partial charge on any atom is -0.460 e. The molecule has 0 aromatic carbocycles. The molecule has 0 aliphatic heterocycles. The maximum absolute atomic E-state index is 12.2. The summed E-state index contributed by atoms with van der Waals surface area (Å²) in [5, 5.41) is 0. The van der Waals surface area contributed by atoms with Gasteiger partial charge in [-0.3, -0.25) is 4.79 Å². The van der Waals surface area contributed by atoms with Gasteiger partial charge >= 0.3 is 5.97 Å². The zero-order valence-electron chi connectivity index (χ0n) is 16.1. The van der Waals surface area contributed by atoms with Crippen molar-refractivity contribution in [2.24, 2.45) is 17.3 Å². The van der Waals surface area contributed by atoms with Crippen LogP contribution in [-0.4, -0.2) is 29.6 Å². The van der Waals surface area contributed by atoms with E-state index in [9.17, 15) is 9.59 Å². The molecule has 1 aliphatic rings. The predicted molar refractivity (Wildman–Crippen MR) is 91.1 cm³/mol. The van der Waals surface area contributed by atoms with Gasteiger partial charge < -0.3 is 14.3 Å². The zero-order chi connectivity index (χ0) is 18.1. The molecule has 0 N–H and O–H groups in total. The Morgan fingerprint density at radius 1 is 1.04 bits per heavy atom. The van der Waals surface area contributed by atoms with Gasteiger partial charge in [-0.25, -0.2) is 0 Å². The van der Waals surface area contributed by atoms with E-state index in [-0.39, 0.29) is 34.9 Å². The quantitative estimate of drug-likeness (QED) is 0.562. The third kappa shape index (κ3) is 5.91. The van der Waals surface area contributed by atoms with Crippen LogP contribution in [0.5, 0.6) is 0 Å². The lowest BCUT2D eigenvalue weighted by molar-refractivity contribution is -0.163. The molecule has 1 fully saturated rings. The number of carbonyl (C=O) groups excluding carboxylic acids is 2. The molecular formula is C19H34O4. The minimum absolute atomic E-state index is 0.0248. The summed E-state index contributed by atoms with van der Waals surface area (Å²) in [4.78, 5) is 23.4. The Hall–Kier alpha value is -0.900. The summed E-state index contributed by atoms with van der Waals surface area (Å²) < 4.78 is 11.8. The summed E-state index contributed by atoms with van der Waals surface area (Å²) in [7, 11) is 0. The van der Waals surface area contributed by atoms with E-state index >= 15 is 0 Å². The molecule has 0 saturated heterocycles. The summed E-state index contributed by atoms with van der Waals surface area (Å²) in [5.41, 5.74) is -0.842. The van der Waals surface area contributed by atoms with Crippen molar-refractivity contribution in [3.63, 3.8) is 0 Å². The highest BCUT2D eigenvalue weighted by molar-refractivity contribution is 5.70. The van der Waals surface area contributed by atoms with E-state index in [0.29, 0.717) is 19.3 Å². The van der Waals surface area contributed by atoms with Crippen LogP contribution < -0.4 is 0 Å². The standard InChI is InChI=1S/C19H34O4/c1-17(2,3)19(7,8)22-15-10-13(12-20)9-14(15)11-16(21)23-18(4,5)6/h12-15H,9-11H2,1-8H3. The Labute approximate surface area is 141 Å². The summed E-state index contributed by atoms with van der Waals surface area (Å²) in [6.45, 7) is 16.2. The van der Waals surface area contributed by atoms with E-state index in [1.54, 1.807) is 0 Å². The molecule has 3 unspecified atom stereocenters. The molecule has 0 heterocycles. The van der Waals surface area contributed by atoms with Crippen molar-refractivity contribution in [1.82, 2.24) is 0 Å². The first-order valence-electron chi connectivity index (χ1n) is 8.60. The van der Waals surface area contributed by atoms with Crippen molar-refractivity contribution >= 4 is 12.3 Å². The molecule has 0 radical (unpaired) electrons. The van der Waals surface area contributed by atoms with Gasteiger partial charge in [-0.15, -0.1) is 0 Å². The number of ether oxygens (including phenoxy) is 2. The Morgan fingerprint density at radius 2 is 1.61 bits per heavy atom. The highest BCUT2D eigenvalue weighted by atomic mass is 16.6. The fraction of sp³-hybridized carbons (Fsp3) is 0.895. The fourth-order valence-electron chi connectivity index (χ4n) is 2.75. The minimum atomic E-state index is -0.485. The van der Waals surface area contributed by atoms with Gasteiger partial charge in [-0.2, -0.15) is 0 Å². The third-order valence-electron chi connectivity index (χ3n) is 4.96. The van der Waals surface area contributed by atoms with Crippen LogP contribution in [-0.2, 0) is 19.1 Å². The Kier molecular flexibility index (Phi) is 6.06. The third-order valence-corrected chi connectivity index (χ3v) is 4.96. The average molecular weight is 326 g/mol. The molecule has 0 aromatic heterocycles. The van der Waals surface area contributed by atoms with E-state index in [4.69, 9.17) is 9.47 Å². The molecule has 1 saturated carbocycles. The van der Waals surface area contributed by atoms with Crippen LogP contribution in [0.3, 0.4) is 0 Å². The topological polar surface area (TPSA) is 52.6 Å². The number of hydrogen-bond donors (Lipinski definition) is 0. The van der Waals surface area contributed by atoms with E-state index in [0.717, 1.165) is 6.29 Å². The molecule has 0 amide bonds. The van der Waals surface area contributed by atoms with E-state index < -0.39 is 5.60 Å². The number of carbonyl (C=O) groups is 2. The van der Waals surface area contributed by atoms with Crippen LogP contribution in [0.2, 0.25) is 0 Å². The summed E-state index contributed by atoms with van der Waals surface area (Å²) in [5.74, 6) is -0.193. The highest BCUT2D eigenvalue weighted by Gasteiger charge is 2.43. The molecule has 4 heteroatoms. The number of aldehydes is 1. The van der Waals surface area contributed by atoms with Gasteiger partial charge in [0.25, 0.3) is 0 Å². The first-order chi connectivity index (χ1) is 10.2. The monoisotopic (exact) mass is 326 g/mol. The average Bonchev–Trinajstić information content (AvgIpc) is 2.66. The predicted octanol–water partition coefficient (Wildman–Crippen LogP) is 4.15. The first-order valence-corrected chi connectivity index (χ1v) is 8.60. The summed E-state index contributed by atoms with van der Waals surface area (Å²) in [6, 6.07) is 0. The maximum Gasteiger partial charge on any atom is 0.306 e. The zero-order valence-corrected chi connectivity index (χ0v) is 16.1. The van der Waals surface area contributed by atoms with Crippen LogP contribution >= 0.6 is 0 Å². The molecule has 0 bridgehead atoms. The Bertz CT molecular complexity index is 426. The number of rotatable bonds is 5. The van der Waals surface area contributed by atoms with Crippen LogP contribution in [0.25, 0.3) is 0 Å². The first kappa shape index (κ1) is 20.1. The molecule has 23 heavy (non-hydrogen) atoms. The molecular weight excluding hydrogens is 292 g/mol. The van der Waals surface area contributed by atoms with Gasteiger partial charge in [-0.05, 0) is 58.8 Å². The van der Waals surface area contributed by atoms with Crippen LogP contribution in [0.4, 0.5) is 0 Å². The fourth-order valence-corrected chi connectivity index (χ4v) is 2.75. The largest absolute Gasteiger partial charge is 0.460 e. The van der Waals surface area contributed by atoms with Crippen molar-refractivity contribution in [2.45, 2.75) is 92.0 Å². The van der Waals surface area contributed by atoms with Gasteiger partial charge in [0, 0.05) is 5.92 Å². The lowest BCUT2D eigenvalue weighted by Crippen LogP contribution is -2.43. The second kappa shape index (κ2) is 6.92. The summed E-state index contributed by atoms with van der Waals surface area (Å²) >= 11 is 0. The lowest BCUT2D eigenvalue weighted by atomic mass is 9.78. The molecule has 0 spiro atoms. The second-order valence-corrected chi connectivity index (χ2v) is 9.33. The Morgan fingerprint density at radius 3 is 2.04 bits per heavy atom. The molecule has 1 aliphatic carbocycles. The lowest BCUT2D eigenvalue weighted by Gasteiger charge is -2.42. The summed E-state index contributed by atoms with van der Waals surface area (Å²) in [6.07, 6.45) is 2.62. The Balaban J connectivity index is 2.79. The SMILES string of the molecule is CC(C)(C)OC(=O)CC1CC(C=O)CC1OC(C)(C)C(C)(C)C. The van der Waals surface area contributed by atoms with E-state index in [2.05, 4.69) is 34.6 Å². The molecule has 4 nitrogen and oxygen atoms in total.